The van der Waals surface area contributed by atoms with Gasteiger partial charge in [-0.3, -0.25) is 0 Å². The first-order valence-corrected chi connectivity index (χ1v) is 4.52. The van der Waals surface area contributed by atoms with Crippen LogP contribution in [0.5, 0.6) is 0 Å². The summed E-state index contributed by atoms with van der Waals surface area (Å²) in [6.45, 7) is 0. The van der Waals surface area contributed by atoms with E-state index in [1.165, 1.54) is 6.07 Å². The molecular formula is C11H7ClF2. The summed E-state index contributed by atoms with van der Waals surface area (Å²) in [7, 11) is 0. The molecule has 0 aliphatic heterocycles. The molecule has 0 aliphatic carbocycles. The van der Waals surface area contributed by atoms with Crippen LogP contribution in [0.3, 0.4) is 0 Å². The number of hydrogen-bond acceptors (Lipinski definition) is 0. The topological polar surface area (TPSA) is 0 Å². The molecule has 3 heteroatoms. The van der Waals surface area contributed by atoms with Crippen LogP contribution in [-0.2, 0) is 0 Å². The minimum Gasteiger partial charge on any atom is -0.205 e. The molecule has 0 heterocycles. The zero-order valence-electron chi connectivity index (χ0n) is 7.18. The lowest BCUT2D eigenvalue weighted by atomic mass is 10.1. The van der Waals surface area contributed by atoms with Crippen molar-refractivity contribution in [1.82, 2.24) is 0 Å². The van der Waals surface area contributed by atoms with Crippen molar-refractivity contribution in [2.75, 3.05) is 0 Å². The molecular weight excluding hydrogens is 206 g/mol. The van der Waals surface area contributed by atoms with Crippen molar-refractivity contribution in [3.63, 3.8) is 0 Å². The fourth-order valence-corrected chi connectivity index (χ4v) is 1.72. The molecule has 0 N–H and O–H groups in total. The van der Waals surface area contributed by atoms with Crippen LogP contribution in [-0.4, -0.2) is 0 Å². The van der Waals surface area contributed by atoms with Crippen LogP contribution < -0.4 is 0 Å². The van der Waals surface area contributed by atoms with E-state index in [1.807, 2.05) is 0 Å². The SMILES string of the molecule is FC(F)c1cc(Cl)cc2ccccc12. The van der Waals surface area contributed by atoms with Gasteiger partial charge in [-0.15, -0.1) is 0 Å². The zero-order chi connectivity index (χ0) is 10.1. The Hall–Kier alpha value is -1.15. The van der Waals surface area contributed by atoms with Crippen LogP contribution in [0.15, 0.2) is 36.4 Å². The van der Waals surface area contributed by atoms with Gasteiger partial charge < -0.3 is 0 Å². The molecule has 72 valence electrons. The van der Waals surface area contributed by atoms with Gasteiger partial charge in [0, 0.05) is 10.6 Å². The predicted octanol–water partition coefficient (Wildman–Crippen LogP) is 4.43. The smallest absolute Gasteiger partial charge is 0.205 e. The van der Waals surface area contributed by atoms with Crippen LogP contribution in [0.4, 0.5) is 8.78 Å². The van der Waals surface area contributed by atoms with Gasteiger partial charge in [-0.05, 0) is 22.9 Å². The Labute approximate surface area is 85.1 Å². The summed E-state index contributed by atoms with van der Waals surface area (Å²) in [6.07, 6.45) is -2.49. The normalized spacial score (nSPS) is 11.1. The third-order valence-electron chi connectivity index (χ3n) is 2.09. The Kier molecular flexibility index (Phi) is 2.38. The molecule has 0 aromatic heterocycles. The van der Waals surface area contributed by atoms with E-state index in [1.54, 1.807) is 30.3 Å². The van der Waals surface area contributed by atoms with Crippen molar-refractivity contribution in [3.05, 3.63) is 47.0 Å². The summed E-state index contributed by atoms with van der Waals surface area (Å²) in [5.74, 6) is 0. The number of halogens is 3. The summed E-state index contributed by atoms with van der Waals surface area (Å²) in [6, 6.07) is 9.98. The average Bonchev–Trinajstić information content (AvgIpc) is 2.16. The van der Waals surface area contributed by atoms with Gasteiger partial charge in [0.05, 0.1) is 0 Å². The molecule has 14 heavy (non-hydrogen) atoms. The number of benzene rings is 2. The van der Waals surface area contributed by atoms with E-state index in [4.69, 9.17) is 11.6 Å². The fourth-order valence-electron chi connectivity index (χ4n) is 1.48. The summed E-state index contributed by atoms with van der Waals surface area (Å²) in [5, 5.41) is 1.65. The van der Waals surface area contributed by atoms with Gasteiger partial charge in [0.2, 0.25) is 0 Å². The van der Waals surface area contributed by atoms with E-state index in [2.05, 4.69) is 0 Å². The third kappa shape index (κ3) is 1.58. The second-order valence-corrected chi connectivity index (χ2v) is 3.45. The lowest BCUT2D eigenvalue weighted by molar-refractivity contribution is 0.153. The van der Waals surface area contributed by atoms with Crippen molar-refractivity contribution >= 4 is 22.4 Å². The number of fused-ring (bicyclic) bond motifs is 1. The number of rotatable bonds is 1. The van der Waals surface area contributed by atoms with E-state index >= 15 is 0 Å². The highest BCUT2D eigenvalue weighted by molar-refractivity contribution is 6.31. The minimum atomic E-state index is -2.49. The zero-order valence-corrected chi connectivity index (χ0v) is 7.93. The first-order chi connectivity index (χ1) is 6.68. The Bertz CT molecular complexity index is 466. The standard InChI is InChI=1S/C11H7ClF2/c12-8-5-7-3-1-2-4-9(7)10(6-8)11(13)14/h1-6,11H. The van der Waals surface area contributed by atoms with Crippen molar-refractivity contribution in [2.24, 2.45) is 0 Å². The number of alkyl halides is 2. The molecule has 0 atom stereocenters. The molecule has 2 aromatic rings. The highest BCUT2D eigenvalue weighted by Gasteiger charge is 2.11. The molecule has 0 spiro atoms. The van der Waals surface area contributed by atoms with E-state index in [9.17, 15) is 8.78 Å². The molecule has 0 radical (unpaired) electrons. The predicted molar refractivity (Wildman–Crippen MR) is 53.9 cm³/mol. The van der Waals surface area contributed by atoms with Crippen molar-refractivity contribution < 1.29 is 8.78 Å². The van der Waals surface area contributed by atoms with E-state index < -0.39 is 6.43 Å². The molecule has 2 rings (SSSR count). The monoisotopic (exact) mass is 212 g/mol. The molecule has 2 aromatic carbocycles. The third-order valence-corrected chi connectivity index (χ3v) is 2.31. The minimum absolute atomic E-state index is 0.00639. The van der Waals surface area contributed by atoms with Gasteiger partial charge in [-0.25, -0.2) is 8.78 Å². The van der Waals surface area contributed by atoms with E-state index in [0.717, 1.165) is 5.39 Å². The maximum Gasteiger partial charge on any atom is 0.264 e. The fraction of sp³-hybridized carbons (Fsp3) is 0.0909. The summed E-state index contributed by atoms with van der Waals surface area (Å²) in [4.78, 5) is 0. The summed E-state index contributed by atoms with van der Waals surface area (Å²) < 4.78 is 25.2. The highest BCUT2D eigenvalue weighted by Crippen LogP contribution is 2.30. The highest BCUT2D eigenvalue weighted by atomic mass is 35.5. The van der Waals surface area contributed by atoms with E-state index in [-0.39, 0.29) is 5.56 Å². The summed E-state index contributed by atoms with van der Waals surface area (Å²) >= 11 is 5.73. The lowest BCUT2D eigenvalue weighted by Crippen LogP contribution is -1.86. The quantitative estimate of drug-likeness (QED) is 0.656. The molecule has 0 fully saturated rings. The molecule has 0 nitrogen and oxygen atoms in total. The van der Waals surface area contributed by atoms with Crippen LogP contribution in [0, 0.1) is 0 Å². The Morgan fingerprint density at radius 3 is 2.50 bits per heavy atom. The molecule has 0 unspecified atom stereocenters. The molecule has 0 saturated heterocycles. The van der Waals surface area contributed by atoms with Gasteiger partial charge in [-0.1, -0.05) is 35.9 Å². The van der Waals surface area contributed by atoms with Gasteiger partial charge >= 0.3 is 0 Å². The number of hydrogen-bond donors (Lipinski definition) is 0. The first kappa shape index (κ1) is 9.41. The van der Waals surface area contributed by atoms with Crippen LogP contribution in [0.2, 0.25) is 5.02 Å². The van der Waals surface area contributed by atoms with E-state index in [0.29, 0.717) is 10.4 Å². The Morgan fingerprint density at radius 2 is 1.79 bits per heavy atom. The van der Waals surface area contributed by atoms with Gasteiger partial charge in [0.1, 0.15) is 0 Å². The molecule has 0 bridgehead atoms. The van der Waals surface area contributed by atoms with Gasteiger partial charge in [0.25, 0.3) is 6.43 Å². The van der Waals surface area contributed by atoms with Crippen LogP contribution >= 0.6 is 11.6 Å². The Balaban J connectivity index is 2.80. The first-order valence-electron chi connectivity index (χ1n) is 4.15. The van der Waals surface area contributed by atoms with Crippen molar-refractivity contribution in [1.29, 1.82) is 0 Å². The summed E-state index contributed by atoms with van der Waals surface area (Å²) in [5.41, 5.74) is -0.00639. The maximum atomic E-state index is 12.6. The van der Waals surface area contributed by atoms with Crippen molar-refractivity contribution in [3.8, 4) is 0 Å². The largest absolute Gasteiger partial charge is 0.264 e. The Morgan fingerprint density at radius 1 is 1.07 bits per heavy atom. The molecule has 0 saturated carbocycles. The van der Waals surface area contributed by atoms with Gasteiger partial charge in [0.15, 0.2) is 0 Å². The van der Waals surface area contributed by atoms with Crippen LogP contribution in [0.25, 0.3) is 10.8 Å². The second kappa shape index (κ2) is 3.54. The maximum absolute atomic E-state index is 12.6. The molecule has 0 aliphatic rings. The lowest BCUT2D eigenvalue weighted by Gasteiger charge is -2.05. The second-order valence-electron chi connectivity index (χ2n) is 3.02. The van der Waals surface area contributed by atoms with Gasteiger partial charge in [-0.2, -0.15) is 0 Å². The molecule has 0 amide bonds. The van der Waals surface area contributed by atoms with Crippen LogP contribution in [0.1, 0.15) is 12.0 Å². The van der Waals surface area contributed by atoms with Crippen molar-refractivity contribution in [2.45, 2.75) is 6.43 Å². The average molecular weight is 213 g/mol.